The molecule has 0 unspecified atom stereocenters. The van der Waals surface area contributed by atoms with Gasteiger partial charge in [0.05, 0.1) is 16.7 Å². The second kappa shape index (κ2) is 7.37. The maximum Gasteiger partial charge on any atom is 0.269 e. The van der Waals surface area contributed by atoms with Crippen molar-refractivity contribution in [3.05, 3.63) is 64.8 Å². The van der Waals surface area contributed by atoms with Gasteiger partial charge in [0.2, 0.25) is 9.84 Å². The molecule has 2 aromatic rings. The Kier molecular flexibility index (Phi) is 4.91. The summed E-state index contributed by atoms with van der Waals surface area (Å²) in [5.74, 6) is -1.21. The third-order valence-electron chi connectivity index (χ3n) is 4.78. The Morgan fingerprint density at radius 3 is 2.61 bits per heavy atom. The van der Waals surface area contributed by atoms with Crippen molar-refractivity contribution >= 4 is 27.1 Å². The summed E-state index contributed by atoms with van der Waals surface area (Å²) in [5.41, 5.74) is 1.04. The molecular weight excluding hydrogens is 383 g/mol. The van der Waals surface area contributed by atoms with Gasteiger partial charge >= 0.3 is 0 Å². The van der Waals surface area contributed by atoms with Gasteiger partial charge in [0.25, 0.3) is 5.91 Å². The molecule has 146 valence electrons. The van der Waals surface area contributed by atoms with Crippen LogP contribution in [0.4, 0.5) is 10.1 Å². The molecule has 0 bridgehead atoms. The lowest BCUT2D eigenvalue weighted by Gasteiger charge is -2.14. The van der Waals surface area contributed by atoms with E-state index in [0.29, 0.717) is 24.4 Å². The van der Waals surface area contributed by atoms with Crippen molar-refractivity contribution < 1.29 is 22.3 Å². The van der Waals surface area contributed by atoms with Gasteiger partial charge < -0.3 is 15.4 Å². The number of hydrogen-bond donors (Lipinski definition) is 2. The Bertz CT molecular complexity index is 1040. The summed E-state index contributed by atoms with van der Waals surface area (Å²) in [5, 5.41) is 5.66. The first kappa shape index (κ1) is 18.6. The van der Waals surface area contributed by atoms with Crippen molar-refractivity contribution in [2.45, 2.75) is 23.8 Å². The molecule has 1 atom stereocenters. The highest BCUT2D eigenvalue weighted by molar-refractivity contribution is 7.97. The Morgan fingerprint density at radius 2 is 1.89 bits per heavy atom. The van der Waals surface area contributed by atoms with E-state index in [9.17, 15) is 17.6 Å². The highest BCUT2D eigenvalue weighted by atomic mass is 32.2. The molecule has 0 saturated carbocycles. The van der Waals surface area contributed by atoms with E-state index in [1.54, 1.807) is 18.2 Å². The van der Waals surface area contributed by atoms with Crippen molar-refractivity contribution in [2.75, 3.05) is 18.5 Å². The van der Waals surface area contributed by atoms with E-state index < -0.39 is 21.6 Å². The summed E-state index contributed by atoms with van der Waals surface area (Å²) < 4.78 is 44.7. The molecule has 0 radical (unpaired) electrons. The maximum atomic E-state index is 13.1. The number of sulfone groups is 1. The normalized spacial score (nSPS) is 20.1. The standard InChI is InChI=1S/C20H19FN2O4S/c21-13-7-9-14(10-8-13)23-20(24)19-18(22-12-15-4-3-11-27-15)16-5-1-2-6-17(16)28(19,25)26/h1-2,5-10,15,22H,3-4,11-12H2,(H,23,24)/t15-/m0/s1. The zero-order valence-electron chi connectivity index (χ0n) is 14.9. The highest BCUT2D eigenvalue weighted by Gasteiger charge is 2.40. The third-order valence-corrected chi connectivity index (χ3v) is 6.64. The number of halogens is 1. The van der Waals surface area contributed by atoms with E-state index in [0.717, 1.165) is 12.8 Å². The molecule has 0 aliphatic carbocycles. The summed E-state index contributed by atoms with van der Waals surface area (Å²) in [6.45, 7) is 1.09. The summed E-state index contributed by atoms with van der Waals surface area (Å²) in [6, 6.07) is 11.6. The number of ether oxygens (including phenoxy) is 1. The van der Waals surface area contributed by atoms with Crippen molar-refractivity contribution in [3.8, 4) is 0 Å². The zero-order chi connectivity index (χ0) is 19.7. The van der Waals surface area contributed by atoms with Crippen LogP contribution in [-0.4, -0.2) is 33.6 Å². The van der Waals surface area contributed by atoms with Crippen LogP contribution in [0, 0.1) is 5.82 Å². The monoisotopic (exact) mass is 402 g/mol. The highest BCUT2D eigenvalue weighted by Crippen LogP contribution is 2.38. The molecule has 2 N–H and O–H groups in total. The van der Waals surface area contributed by atoms with Crippen LogP contribution in [0.25, 0.3) is 5.70 Å². The minimum Gasteiger partial charge on any atom is -0.381 e. The third kappa shape index (κ3) is 3.41. The van der Waals surface area contributed by atoms with Gasteiger partial charge in [-0.05, 0) is 43.2 Å². The molecule has 1 amide bonds. The fraction of sp³-hybridized carbons (Fsp3) is 0.250. The van der Waals surface area contributed by atoms with Crippen LogP contribution in [0.5, 0.6) is 0 Å². The number of rotatable bonds is 5. The lowest BCUT2D eigenvalue weighted by atomic mass is 10.1. The van der Waals surface area contributed by atoms with E-state index in [1.807, 2.05) is 0 Å². The fourth-order valence-electron chi connectivity index (χ4n) is 3.43. The van der Waals surface area contributed by atoms with Gasteiger partial charge in [-0.25, -0.2) is 12.8 Å². The molecule has 0 spiro atoms. The van der Waals surface area contributed by atoms with Crippen LogP contribution < -0.4 is 10.6 Å². The molecular formula is C20H19FN2O4S. The van der Waals surface area contributed by atoms with Crippen molar-refractivity contribution in [3.63, 3.8) is 0 Å². The number of amides is 1. The molecule has 8 heteroatoms. The molecule has 4 rings (SSSR count). The van der Waals surface area contributed by atoms with Crippen LogP contribution in [0.3, 0.4) is 0 Å². The Morgan fingerprint density at radius 1 is 1.14 bits per heavy atom. The van der Waals surface area contributed by atoms with Crippen LogP contribution in [0.1, 0.15) is 18.4 Å². The number of carbonyl (C=O) groups is 1. The predicted octanol–water partition coefficient (Wildman–Crippen LogP) is 2.69. The number of anilines is 1. The molecule has 1 saturated heterocycles. The number of fused-ring (bicyclic) bond motifs is 1. The first-order valence-electron chi connectivity index (χ1n) is 8.98. The predicted molar refractivity (Wildman–Crippen MR) is 103 cm³/mol. The Labute approximate surface area is 162 Å². The summed E-state index contributed by atoms with van der Waals surface area (Å²) in [4.78, 5) is 12.6. The minimum atomic E-state index is -3.98. The molecule has 6 nitrogen and oxygen atoms in total. The van der Waals surface area contributed by atoms with E-state index in [1.165, 1.54) is 30.3 Å². The van der Waals surface area contributed by atoms with Gasteiger partial charge in [-0.15, -0.1) is 0 Å². The molecule has 2 heterocycles. The number of benzene rings is 2. The number of nitrogens with one attached hydrogen (secondary N) is 2. The Balaban J connectivity index is 1.69. The molecule has 2 aromatic carbocycles. The largest absolute Gasteiger partial charge is 0.381 e. The zero-order valence-corrected chi connectivity index (χ0v) is 15.8. The van der Waals surface area contributed by atoms with Gasteiger partial charge in [0, 0.05) is 24.4 Å². The number of hydrogen-bond acceptors (Lipinski definition) is 5. The molecule has 2 aliphatic heterocycles. The van der Waals surface area contributed by atoms with Crippen LogP contribution in [0.15, 0.2) is 58.3 Å². The molecule has 0 aromatic heterocycles. The summed E-state index contributed by atoms with van der Waals surface area (Å²) in [6.07, 6.45) is 1.81. The van der Waals surface area contributed by atoms with Gasteiger partial charge in [-0.3, -0.25) is 4.79 Å². The average molecular weight is 402 g/mol. The molecule has 28 heavy (non-hydrogen) atoms. The smallest absolute Gasteiger partial charge is 0.269 e. The van der Waals surface area contributed by atoms with Crippen molar-refractivity contribution in [1.82, 2.24) is 5.32 Å². The van der Waals surface area contributed by atoms with Crippen LogP contribution >= 0.6 is 0 Å². The summed E-state index contributed by atoms with van der Waals surface area (Å²) >= 11 is 0. The lowest BCUT2D eigenvalue weighted by Crippen LogP contribution is -2.27. The van der Waals surface area contributed by atoms with E-state index >= 15 is 0 Å². The van der Waals surface area contributed by atoms with E-state index in [2.05, 4.69) is 10.6 Å². The SMILES string of the molecule is O=C(Nc1ccc(F)cc1)C1=C(NC[C@@H]2CCCO2)c2ccccc2S1(=O)=O. The maximum absolute atomic E-state index is 13.1. The van der Waals surface area contributed by atoms with Crippen molar-refractivity contribution in [1.29, 1.82) is 0 Å². The molecule has 1 fully saturated rings. The summed E-state index contributed by atoms with van der Waals surface area (Å²) in [7, 11) is -3.98. The van der Waals surface area contributed by atoms with E-state index in [4.69, 9.17) is 4.74 Å². The van der Waals surface area contributed by atoms with Gasteiger partial charge in [-0.1, -0.05) is 18.2 Å². The first-order chi connectivity index (χ1) is 13.5. The van der Waals surface area contributed by atoms with Gasteiger partial charge in [-0.2, -0.15) is 0 Å². The minimum absolute atomic E-state index is 0.0237. The van der Waals surface area contributed by atoms with Crippen LogP contribution in [0.2, 0.25) is 0 Å². The average Bonchev–Trinajstić information content (AvgIpc) is 3.27. The number of carbonyl (C=O) groups excluding carboxylic acids is 1. The van der Waals surface area contributed by atoms with Gasteiger partial charge in [0.15, 0.2) is 4.91 Å². The first-order valence-corrected chi connectivity index (χ1v) is 10.5. The topological polar surface area (TPSA) is 84.5 Å². The van der Waals surface area contributed by atoms with Crippen molar-refractivity contribution in [2.24, 2.45) is 0 Å². The quantitative estimate of drug-likeness (QED) is 0.803. The second-order valence-electron chi connectivity index (χ2n) is 6.68. The molecule has 2 aliphatic rings. The Hall–Kier alpha value is -2.71. The fourth-order valence-corrected chi connectivity index (χ4v) is 5.11. The second-order valence-corrected chi connectivity index (χ2v) is 8.54. The van der Waals surface area contributed by atoms with Gasteiger partial charge in [0.1, 0.15) is 5.82 Å². The van der Waals surface area contributed by atoms with Crippen LogP contribution in [-0.2, 0) is 19.4 Å². The lowest BCUT2D eigenvalue weighted by molar-refractivity contribution is -0.112. The van der Waals surface area contributed by atoms with E-state index in [-0.39, 0.29) is 21.6 Å².